The zero-order chi connectivity index (χ0) is 14.4. The van der Waals surface area contributed by atoms with Crippen LogP contribution in [0, 0.1) is 17.2 Å². The molecule has 1 rings (SSSR count). The molecule has 2 atom stereocenters. The minimum atomic E-state index is -0.448. The molecular formula is C13H22N4O2. The van der Waals surface area contributed by atoms with Crippen molar-refractivity contribution in [3.8, 4) is 6.07 Å². The molecule has 1 saturated heterocycles. The number of Topliss-reactive ketones (excluding diaryl/α,β-unsaturated/α-hetero) is 1. The second-order valence-electron chi connectivity index (χ2n) is 5.22. The maximum absolute atomic E-state index is 12.0. The first-order valence-electron chi connectivity index (χ1n) is 6.60. The molecule has 6 heteroatoms. The van der Waals surface area contributed by atoms with Crippen molar-refractivity contribution in [3.63, 3.8) is 0 Å². The number of carbonyl (C=O) groups excluding carboxylic acids is 2. The minimum Gasteiger partial charge on any atom is -0.345 e. The van der Waals surface area contributed by atoms with E-state index in [9.17, 15) is 9.59 Å². The van der Waals surface area contributed by atoms with Gasteiger partial charge >= 0.3 is 0 Å². The van der Waals surface area contributed by atoms with Crippen LogP contribution in [0.15, 0.2) is 0 Å². The van der Waals surface area contributed by atoms with Gasteiger partial charge < -0.3 is 10.6 Å². The summed E-state index contributed by atoms with van der Waals surface area (Å²) >= 11 is 0. The van der Waals surface area contributed by atoms with E-state index in [1.807, 2.05) is 18.7 Å². The summed E-state index contributed by atoms with van der Waals surface area (Å²) in [6.45, 7) is 7.45. The Kier molecular flexibility index (Phi) is 5.93. The van der Waals surface area contributed by atoms with Gasteiger partial charge in [-0.1, -0.05) is 13.8 Å². The molecule has 1 heterocycles. The van der Waals surface area contributed by atoms with Crippen LogP contribution >= 0.6 is 0 Å². The van der Waals surface area contributed by atoms with Gasteiger partial charge in [0.2, 0.25) is 5.91 Å². The Bertz CT molecular complexity index is 375. The van der Waals surface area contributed by atoms with Crippen molar-refractivity contribution >= 4 is 11.7 Å². The van der Waals surface area contributed by atoms with Crippen molar-refractivity contribution < 1.29 is 9.59 Å². The van der Waals surface area contributed by atoms with Gasteiger partial charge in [-0.3, -0.25) is 14.5 Å². The van der Waals surface area contributed by atoms with E-state index in [0.717, 1.165) is 6.54 Å². The maximum atomic E-state index is 12.0. The highest BCUT2D eigenvalue weighted by atomic mass is 16.2. The molecular weight excluding hydrogens is 244 g/mol. The molecule has 0 bridgehead atoms. The molecule has 0 aromatic carbocycles. The van der Waals surface area contributed by atoms with Crippen LogP contribution < -0.4 is 10.6 Å². The summed E-state index contributed by atoms with van der Waals surface area (Å²) in [7, 11) is 0. The second-order valence-corrected chi connectivity index (χ2v) is 5.22. The smallest absolute Gasteiger partial charge is 0.234 e. The lowest BCUT2D eigenvalue weighted by Crippen LogP contribution is -2.55. The quantitative estimate of drug-likeness (QED) is 0.701. The number of nitrogens with one attached hydrogen (secondary N) is 2. The van der Waals surface area contributed by atoms with E-state index in [-0.39, 0.29) is 30.2 Å². The highest BCUT2D eigenvalue weighted by molar-refractivity contribution is 5.88. The SMILES string of the molecule is CC(=O)C(NC(=O)CN1CCNCC1C#N)C(C)C. The second kappa shape index (κ2) is 7.22. The van der Waals surface area contributed by atoms with E-state index in [1.165, 1.54) is 6.92 Å². The Hall–Kier alpha value is -1.45. The van der Waals surface area contributed by atoms with Crippen LogP contribution in [0.5, 0.6) is 0 Å². The third kappa shape index (κ3) is 4.62. The van der Waals surface area contributed by atoms with Crippen molar-refractivity contribution in [2.24, 2.45) is 5.92 Å². The molecule has 0 aromatic heterocycles. The molecule has 0 saturated carbocycles. The van der Waals surface area contributed by atoms with Crippen LogP contribution in [0.25, 0.3) is 0 Å². The average Bonchev–Trinajstić information content (AvgIpc) is 2.36. The summed E-state index contributed by atoms with van der Waals surface area (Å²) in [5, 5.41) is 14.9. The lowest BCUT2D eigenvalue weighted by Gasteiger charge is -2.31. The van der Waals surface area contributed by atoms with Crippen molar-refractivity contribution in [3.05, 3.63) is 0 Å². The number of rotatable bonds is 5. The number of amides is 1. The predicted molar refractivity (Wildman–Crippen MR) is 71.3 cm³/mol. The van der Waals surface area contributed by atoms with Gasteiger partial charge in [-0.2, -0.15) is 5.26 Å². The van der Waals surface area contributed by atoms with Crippen LogP contribution in [0.1, 0.15) is 20.8 Å². The Morgan fingerprint density at radius 2 is 2.21 bits per heavy atom. The molecule has 2 N–H and O–H groups in total. The van der Waals surface area contributed by atoms with Gasteiger partial charge in [-0.25, -0.2) is 0 Å². The first-order chi connectivity index (χ1) is 8.95. The monoisotopic (exact) mass is 266 g/mol. The van der Waals surface area contributed by atoms with Crippen LogP contribution in [0.4, 0.5) is 0 Å². The summed E-state index contributed by atoms with van der Waals surface area (Å²) in [6, 6.07) is 1.44. The molecule has 1 amide bonds. The van der Waals surface area contributed by atoms with Gasteiger partial charge in [0.1, 0.15) is 6.04 Å². The van der Waals surface area contributed by atoms with E-state index >= 15 is 0 Å². The largest absolute Gasteiger partial charge is 0.345 e. The normalized spacial score (nSPS) is 21.7. The van der Waals surface area contributed by atoms with Gasteiger partial charge in [0.15, 0.2) is 5.78 Å². The zero-order valence-electron chi connectivity index (χ0n) is 11.8. The van der Waals surface area contributed by atoms with E-state index in [2.05, 4.69) is 16.7 Å². The topological polar surface area (TPSA) is 85.2 Å². The highest BCUT2D eigenvalue weighted by Crippen LogP contribution is 2.05. The predicted octanol–water partition coefficient (Wildman–Crippen LogP) is -0.486. The molecule has 106 valence electrons. The van der Waals surface area contributed by atoms with Crippen LogP contribution in [-0.4, -0.2) is 54.9 Å². The summed E-state index contributed by atoms with van der Waals surface area (Å²) in [5.74, 6) is -0.173. The van der Waals surface area contributed by atoms with Crippen LogP contribution in [0.3, 0.4) is 0 Å². The fourth-order valence-electron chi connectivity index (χ4n) is 2.20. The standard InChI is InChI=1S/C13H22N4O2/c1-9(2)13(10(3)18)16-12(19)8-17-5-4-15-7-11(17)6-14/h9,11,13,15H,4-5,7-8H2,1-3H3,(H,16,19). The molecule has 1 aliphatic rings. The van der Waals surface area contributed by atoms with E-state index in [1.54, 1.807) is 0 Å². The maximum Gasteiger partial charge on any atom is 0.234 e. The molecule has 2 unspecified atom stereocenters. The molecule has 19 heavy (non-hydrogen) atoms. The lowest BCUT2D eigenvalue weighted by molar-refractivity contribution is -0.128. The number of nitriles is 1. The summed E-state index contributed by atoms with van der Waals surface area (Å²) in [4.78, 5) is 25.2. The Morgan fingerprint density at radius 3 is 2.74 bits per heavy atom. The Balaban J connectivity index is 2.54. The van der Waals surface area contributed by atoms with Crippen LogP contribution in [-0.2, 0) is 9.59 Å². The number of carbonyl (C=O) groups is 2. The number of hydrogen-bond donors (Lipinski definition) is 2. The molecule has 0 aromatic rings. The van der Waals surface area contributed by atoms with Crippen molar-refractivity contribution in [2.45, 2.75) is 32.9 Å². The number of nitrogens with zero attached hydrogens (tertiary/aromatic N) is 2. The number of ketones is 1. The van der Waals surface area contributed by atoms with E-state index in [0.29, 0.717) is 13.1 Å². The molecule has 0 aliphatic carbocycles. The fourth-order valence-corrected chi connectivity index (χ4v) is 2.20. The summed E-state index contributed by atoms with van der Waals surface area (Å²) < 4.78 is 0. The van der Waals surface area contributed by atoms with Gasteiger partial charge in [0, 0.05) is 19.6 Å². The highest BCUT2D eigenvalue weighted by Gasteiger charge is 2.26. The third-order valence-electron chi connectivity index (χ3n) is 3.27. The summed E-state index contributed by atoms with van der Waals surface area (Å²) in [6.07, 6.45) is 0. The van der Waals surface area contributed by atoms with Gasteiger partial charge in [-0.15, -0.1) is 0 Å². The van der Waals surface area contributed by atoms with Crippen molar-refractivity contribution in [1.82, 2.24) is 15.5 Å². The zero-order valence-corrected chi connectivity index (χ0v) is 11.8. The molecule has 0 spiro atoms. The van der Waals surface area contributed by atoms with E-state index in [4.69, 9.17) is 5.26 Å². The Morgan fingerprint density at radius 1 is 1.53 bits per heavy atom. The first kappa shape index (κ1) is 15.6. The summed E-state index contributed by atoms with van der Waals surface area (Å²) in [5.41, 5.74) is 0. The minimum absolute atomic E-state index is 0.0412. The molecule has 1 fully saturated rings. The fraction of sp³-hybridized carbons (Fsp3) is 0.769. The molecule has 1 aliphatic heterocycles. The van der Waals surface area contributed by atoms with Gasteiger partial charge in [0.25, 0.3) is 0 Å². The van der Waals surface area contributed by atoms with E-state index < -0.39 is 6.04 Å². The lowest BCUT2D eigenvalue weighted by atomic mass is 10.0. The average molecular weight is 266 g/mol. The molecule has 0 radical (unpaired) electrons. The first-order valence-corrected chi connectivity index (χ1v) is 6.60. The third-order valence-corrected chi connectivity index (χ3v) is 3.27. The van der Waals surface area contributed by atoms with Gasteiger partial charge in [-0.05, 0) is 12.8 Å². The number of hydrogen-bond acceptors (Lipinski definition) is 5. The Labute approximate surface area is 114 Å². The van der Waals surface area contributed by atoms with Gasteiger partial charge in [0.05, 0.1) is 18.7 Å². The van der Waals surface area contributed by atoms with Crippen LogP contribution in [0.2, 0.25) is 0 Å². The molecule has 6 nitrogen and oxygen atoms in total. The van der Waals surface area contributed by atoms with Crippen molar-refractivity contribution in [1.29, 1.82) is 5.26 Å². The van der Waals surface area contributed by atoms with Crippen molar-refractivity contribution in [2.75, 3.05) is 26.2 Å². The number of piperazine rings is 1.